The first-order valence-electron chi connectivity index (χ1n) is 8.46. The maximum atomic E-state index is 11.7. The molecule has 1 saturated heterocycles. The first-order valence-corrected chi connectivity index (χ1v) is 8.84. The maximum absolute atomic E-state index is 11.7. The number of nitrogen functional groups attached to an aromatic ring is 1. The lowest BCUT2D eigenvalue weighted by Crippen LogP contribution is -2.40. The molecule has 3 heterocycles. The molecule has 12 nitrogen and oxygen atoms in total. The summed E-state index contributed by atoms with van der Waals surface area (Å²) in [5.74, 6) is -1.89. The molecule has 0 radical (unpaired) electrons. The van der Waals surface area contributed by atoms with Crippen LogP contribution in [0.25, 0.3) is 11.2 Å². The van der Waals surface area contributed by atoms with Crippen LogP contribution in [0.2, 0.25) is 5.28 Å². The van der Waals surface area contributed by atoms with Crippen molar-refractivity contribution in [3.8, 4) is 0 Å². The molecule has 0 amide bonds. The van der Waals surface area contributed by atoms with E-state index in [2.05, 4.69) is 15.0 Å². The number of carbonyl (C=O) groups excluding carboxylic acids is 3. The number of anilines is 1. The van der Waals surface area contributed by atoms with Gasteiger partial charge in [0.05, 0.1) is 6.20 Å². The van der Waals surface area contributed by atoms with Gasteiger partial charge >= 0.3 is 17.9 Å². The highest BCUT2D eigenvalue weighted by Gasteiger charge is 2.51. The van der Waals surface area contributed by atoms with Crippen LogP contribution in [0, 0.1) is 0 Å². The molecule has 29 heavy (non-hydrogen) atoms. The van der Waals surface area contributed by atoms with Gasteiger partial charge in [0, 0.05) is 20.8 Å². The van der Waals surface area contributed by atoms with Crippen molar-refractivity contribution < 1.29 is 33.3 Å². The molecule has 156 valence electrons. The molecule has 0 saturated carbocycles. The Morgan fingerprint density at radius 1 is 1.14 bits per heavy atom. The summed E-state index contributed by atoms with van der Waals surface area (Å²) >= 11 is 6.26. The second-order valence-corrected chi connectivity index (χ2v) is 6.54. The van der Waals surface area contributed by atoms with E-state index in [1.807, 2.05) is 0 Å². The lowest BCUT2D eigenvalue weighted by atomic mass is 10.1. The van der Waals surface area contributed by atoms with Gasteiger partial charge in [-0.1, -0.05) is 0 Å². The molecule has 0 aromatic carbocycles. The second kappa shape index (κ2) is 8.17. The smallest absolute Gasteiger partial charge is 0.303 e. The van der Waals surface area contributed by atoms with Gasteiger partial charge in [-0.2, -0.15) is 4.98 Å². The molecule has 1 aliphatic heterocycles. The zero-order valence-corrected chi connectivity index (χ0v) is 16.5. The van der Waals surface area contributed by atoms with Crippen molar-refractivity contribution in [2.75, 3.05) is 12.3 Å². The number of fused-ring (bicyclic) bond motifs is 1. The van der Waals surface area contributed by atoms with Gasteiger partial charge in [0.15, 0.2) is 24.1 Å². The van der Waals surface area contributed by atoms with Crippen molar-refractivity contribution in [1.29, 1.82) is 0 Å². The van der Waals surface area contributed by atoms with Crippen molar-refractivity contribution in [3.63, 3.8) is 0 Å². The van der Waals surface area contributed by atoms with Crippen LogP contribution in [0.15, 0.2) is 6.20 Å². The summed E-state index contributed by atoms with van der Waals surface area (Å²) in [7, 11) is 0. The van der Waals surface area contributed by atoms with E-state index >= 15 is 0 Å². The summed E-state index contributed by atoms with van der Waals surface area (Å²) < 4.78 is 22.9. The Morgan fingerprint density at radius 3 is 2.41 bits per heavy atom. The Hall–Kier alpha value is -2.99. The average Bonchev–Trinajstić information content (AvgIpc) is 3.09. The van der Waals surface area contributed by atoms with E-state index in [1.165, 1.54) is 31.5 Å². The van der Waals surface area contributed by atoms with Gasteiger partial charge in [0.1, 0.15) is 18.2 Å². The number of esters is 3. The second-order valence-electron chi connectivity index (χ2n) is 6.20. The Kier molecular flexibility index (Phi) is 5.84. The summed E-state index contributed by atoms with van der Waals surface area (Å²) in [4.78, 5) is 46.7. The van der Waals surface area contributed by atoms with Crippen molar-refractivity contribution in [3.05, 3.63) is 11.5 Å². The number of carbonyl (C=O) groups is 3. The normalized spacial score (nSPS) is 23.7. The molecule has 13 heteroatoms. The minimum Gasteiger partial charge on any atom is -0.463 e. The third kappa shape index (κ3) is 4.38. The van der Waals surface area contributed by atoms with E-state index in [-0.39, 0.29) is 23.5 Å². The topological polar surface area (TPSA) is 158 Å². The van der Waals surface area contributed by atoms with Crippen LogP contribution in [0.5, 0.6) is 0 Å². The summed E-state index contributed by atoms with van der Waals surface area (Å²) in [5.41, 5.74) is 6.20. The minimum atomic E-state index is -1.12. The number of nitrogens with zero attached hydrogens (tertiary/aromatic N) is 4. The van der Waals surface area contributed by atoms with Crippen molar-refractivity contribution in [1.82, 2.24) is 19.5 Å². The summed E-state index contributed by atoms with van der Waals surface area (Å²) in [6, 6.07) is 0. The van der Waals surface area contributed by atoms with Gasteiger partial charge < -0.3 is 24.7 Å². The van der Waals surface area contributed by atoms with Crippen LogP contribution in [0.3, 0.4) is 0 Å². The fourth-order valence-corrected chi connectivity index (χ4v) is 3.27. The van der Waals surface area contributed by atoms with Crippen molar-refractivity contribution in [2.24, 2.45) is 0 Å². The highest BCUT2D eigenvalue weighted by Crippen LogP contribution is 2.37. The van der Waals surface area contributed by atoms with Gasteiger partial charge in [-0.05, 0) is 11.6 Å². The van der Waals surface area contributed by atoms with Crippen LogP contribution in [0.1, 0.15) is 27.0 Å². The Labute approximate surface area is 169 Å². The quantitative estimate of drug-likeness (QED) is 0.399. The van der Waals surface area contributed by atoms with Crippen LogP contribution in [-0.4, -0.2) is 62.3 Å². The maximum Gasteiger partial charge on any atom is 0.303 e. The molecule has 0 unspecified atom stereocenters. The first-order chi connectivity index (χ1) is 13.7. The van der Waals surface area contributed by atoms with Crippen molar-refractivity contribution in [2.45, 2.75) is 45.3 Å². The SMILES string of the molecule is CC(=O)OC[C@H]1O[C@@H](n2c(Cl)nc3cnc(N)nc32)[C@H](OC(C)=O)[C@@H]1OC(C)=O. The van der Waals surface area contributed by atoms with E-state index < -0.39 is 42.4 Å². The number of hydrogen-bond acceptors (Lipinski definition) is 11. The van der Waals surface area contributed by atoms with Crippen molar-refractivity contribution >= 4 is 46.6 Å². The molecule has 1 aliphatic rings. The molecule has 2 aromatic rings. The zero-order chi connectivity index (χ0) is 21.3. The molecule has 4 atom stereocenters. The monoisotopic (exact) mass is 427 g/mol. The van der Waals surface area contributed by atoms with E-state index in [0.29, 0.717) is 5.52 Å². The predicted molar refractivity (Wildman–Crippen MR) is 96.4 cm³/mol. The number of aromatic nitrogens is 4. The number of nitrogens with two attached hydrogens (primary N) is 1. The molecular formula is C16H18ClN5O7. The third-order valence-corrected chi connectivity index (χ3v) is 4.27. The Bertz CT molecular complexity index is 965. The van der Waals surface area contributed by atoms with Gasteiger partial charge in [0.25, 0.3) is 0 Å². The number of ether oxygens (including phenoxy) is 4. The minimum absolute atomic E-state index is 0.0367. The summed E-state index contributed by atoms with van der Waals surface area (Å²) in [6.07, 6.45) is -2.85. The number of rotatable bonds is 5. The third-order valence-electron chi connectivity index (χ3n) is 4.00. The standard InChI is InChI=1S/C16H18ClN5O7/c1-6(23)26-5-10-11(27-7(2)24)12(28-8(3)25)14(29-10)22-13-9(20-15(22)17)4-19-16(18)21-13/h4,10-12,14H,5H2,1-3H3,(H2,18,19,21)/t10-,11-,12-,14-/m1/s1. The van der Waals surface area contributed by atoms with Gasteiger partial charge in [-0.15, -0.1) is 0 Å². The predicted octanol–water partition coefficient (Wildman–Crippen LogP) is 0.386. The Balaban J connectivity index is 2.06. The lowest BCUT2D eigenvalue weighted by molar-refractivity contribution is -0.166. The molecule has 2 N–H and O–H groups in total. The zero-order valence-electron chi connectivity index (χ0n) is 15.7. The van der Waals surface area contributed by atoms with Crippen LogP contribution in [-0.2, 0) is 33.3 Å². The Morgan fingerprint density at radius 2 is 1.79 bits per heavy atom. The molecule has 3 rings (SSSR count). The molecule has 2 aromatic heterocycles. The van der Waals surface area contributed by atoms with E-state index in [4.69, 9.17) is 36.3 Å². The molecule has 0 spiro atoms. The van der Waals surface area contributed by atoms with E-state index in [1.54, 1.807) is 0 Å². The fourth-order valence-electron chi connectivity index (χ4n) is 3.00. The first kappa shape index (κ1) is 20.7. The lowest BCUT2D eigenvalue weighted by Gasteiger charge is -2.24. The fraction of sp³-hybridized carbons (Fsp3) is 0.500. The number of hydrogen-bond donors (Lipinski definition) is 1. The number of halogens is 1. The van der Waals surface area contributed by atoms with Crippen LogP contribution < -0.4 is 5.73 Å². The van der Waals surface area contributed by atoms with Gasteiger partial charge in [-0.25, -0.2) is 9.97 Å². The molecule has 0 aliphatic carbocycles. The molecule has 0 bridgehead atoms. The molecule has 1 fully saturated rings. The van der Waals surface area contributed by atoms with Gasteiger partial charge in [-0.3, -0.25) is 19.0 Å². The highest BCUT2D eigenvalue weighted by molar-refractivity contribution is 6.29. The van der Waals surface area contributed by atoms with Crippen LogP contribution in [0.4, 0.5) is 5.95 Å². The van der Waals surface area contributed by atoms with E-state index in [9.17, 15) is 14.4 Å². The number of imidazole rings is 1. The largest absolute Gasteiger partial charge is 0.463 e. The summed E-state index contributed by atoms with van der Waals surface area (Å²) in [5, 5.41) is -0.0447. The average molecular weight is 428 g/mol. The van der Waals surface area contributed by atoms with Crippen LogP contribution >= 0.6 is 11.6 Å². The summed E-state index contributed by atoms with van der Waals surface area (Å²) in [6.45, 7) is 3.35. The van der Waals surface area contributed by atoms with E-state index in [0.717, 1.165) is 0 Å². The van der Waals surface area contributed by atoms with Gasteiger partial charge in [0.2, 0.25) is 11.2 Å². The highest BCUT2D eigenvalue weighted by atomic mass is 35.5. The molecular weight excluding hydrogens is 410 g/mol.